The Kier molecular flexibility index (Phi) is 4.78. The van der Waals surface area contributed by atoms with Crippen LogP contribution in [-0.4, -0.2) is 20.1 Å². The SMILES string of the molecule is COc1ccc(S(=O)(=O)Nc2cc(C)cc(-c3cn(C)cc3C)c2)cc1. The fourth-order valence-electron chi connectivity index (χ4n) is 2.99. The second-order valence-corrected chi connectivity index (χ2v) is 8.07. The van der Waals surface area contributed by atoms with Crippen LogP contribution in [-0.2, 0) is 17.1 Å². The van der Waals surface area contributed by atoms with Crippen LogP contribution < -0.4 is 9.46 Å². The van der Waals surface area contributed by atoms with Crippen molar-refractivity contribution in [2.75, 3.05) is 11.8 Å². The molecule has 0 bridgehead atoms. The molecule has 136 valence electrons. The minimum atomic E-state index is -3.67. The Morgan fingerprint density at radius 1 is 1.00 bits per heavy atom. The third-order valence-electron chi connectivity index (χ3n) is 4.17. The highest BCUT2D eigenvalue weighted by molar-refractivity contribution is 7.92. The fraction of sp³-hybridized carbons (Fsp3) is 0.200. The zero-order valence-electron chi connectivity index (χ0n) is 15.3. The van der Waals surface area contributed by atoms with E-state index in [-0.39, 0.29) is 4.90 Å². The lowest BCUT2D eigenvalue weighted by Crippen LogP contribution is -2.13. The number of rotatable bonds is 5. The monoisotopic (exact) mass is 370 g/mol. The van der Waals surface area contributed by atoms with Crippen molar-refractivity contribution >= 4 is 15.7 Å². The Morgan fingerprint density at radius 2 is 1.69 bits per heavy atom. The van der Waals surface area contributed by atoms with Crippen molar-refractivity contribution < 1.29 is 13.2 Å². The number of hydrogen-bond acceptors (Lipinski definition) is 3. The number of methoxy groups -OCH3 is 1. The van der Waals surface area contributed by atoms with E-state index in [0.29, 0.717) is 11.4 Å². The van der Waals surface area contributed by atoms with Gasteiger partial charge in [0.2, 0.25) is 0 Å². The van der Waals surface area contributed by atoms with E-state index in [2.05, 4.69) is 4.72 Å². The highest BCUT2D eigenvalue weighted by Gasteiger charge is 2.15. The van der Waals surface area contributed by atoms with Crippen LogP contribution in [0.5, 0.6) is 5.75 Å². The molecule has 0 spiro atoms. The van der Waals surface area contributed by atoms with Gasteiger partial charge in [0, 0.05) is 30.7 Å². The van der Waals surface area contributed by atoms with Gasteiger partial charge in [-0.25, -0.2) is 8.42 Å². The van der Waals surface area contributed by atoms with E-state index in [1.54, 1.807) is 19.2 Å². The molecule has 5 nitrogen and oxygen atoms in total. The van der Waals surface area contributed by atoms with Gasteiger partial charge in [-0.3, -0.25) is 4.72 Å². The first-order chi connectivity index (χ1) is 12.3. The minimum absolute atomic E-state index is 0.192. The van der Waals surface area contributed by atoms with Gasteiger partial charge in [-0.1, -0.05) is 6.07 Å². The summed E-state index contributed by atoms with van der Waals surface area (Å²) in [5, 5.41) is 0. The molecule has 0 aliphatic carbocycles. The number of benzene rings is 2. The molecule has 0 saturated carbocycles. The quantitative estimate of drug-likeness (QED) is 0.735. The Bertz CT molecular complexity index is 1040. The first-order valence-corrected chi connectivity index (χ1v) is 9.68. The van der Waals surface area contributed by atoms with Crippen LogP contribution in [0.15, 0.2) is 59.8 Å². The Labute approximate surface area is 154 Å². The van der Waals surface area contributed by atoms with Crippen LogP contribution in [0.3, 0.4) is 0 Å². The van der Waals surface area contributed by atoms with Crippen molar-refractivity contribution in [1.29, 1.82) is 0 Å². The summed E-state index contributed by atoms with van der Waals surface area (Å²) < 4.78 is 35.1. The summed E-state index contributed by atoms with van der Waals surface area (Å²) in [6.07, 6.45) is 4.07. The number of nitrogens with zero attached hydrogens (tertiary/aromatic N) is 1. The molecule has 6 heteroatoms. The minimum Gasteiger partial charge on any atom is -0.497 e. The van der Waals surface area contributed by atoms with Crippen LogP contribution in [0, 0.1) is 13.8 Å². The van der Waals surface area contributed by atoms with Gasteiger partial charge in [0.15, 0.2) is 0 Å². The van der Waals surface area contributed by atoms with E-state index in [0.717, 1.165) is 22.3 Å². The van der Waals surface area contributed by atoms with E-state index in [4.69, 9.17) is 4.74 Å². The summed E-state index contributed by atoms with van der Waals surface area (Å²) >= 11 is 0. The van der Waals surface area contributed by atoms with Gasteiger partial charge in [0.1, 0.15) is 5.75 Å². The zero-order chi connectivity index (χ0) is 18.9. The Hall–Kier alpha value is -2.73. The van der Waals surface area contributed by atoms with E-state index >= 15 is 0 Å². The third kappa shape index (κ3) is 3.75. The predicted octanol–water partition coefficient (Wildman–Crippen LogP) is 4.12. The molecule has 0 atom stereocenters. The van der Waals surface area contributed by atoms with Crippen LogP contribution in [0.25, 0.3) is 11.1 Å². The second-order valence-electron chi connectivity index (χ2n) is 6.39. The standard InChI is InChI=1S/C20H22N2O3S/c1-14-9-16(20-13-22(3)12-15(20)2)11-17(10-14)21-26(23,24)19-7-5-18(25-4)6-8-19/h5-13,21H,1-4H3. The maximum absolute atomic E-state index is 12.7. The molecule has 0 fully saturated rings. The lowest BCUT2D eigenvalue weighted by molar-refractivity contribution is 0.414. The number of sulfonamides is 1. The van der Waals surface area contributed by atoms with E-state index in [9.17, 15) is 8.42 Å². The number of anilines is 1. The van der Waals surface area contributed by atoms with Gasteiger partial charge in [0.05, 0.1) is 12.0 Å². The van der Waals surface area contributed by atoms with E-state index in [1.165, 1.54) is 12.1 Å². The smallest absolute Gasteiger partial charge is 0.261 e. The second kappa shape index (κ2) is 6.88. The number of ether oxygens (including phenoxy) is 1. The van der Waals surface area contributed by atoms with Crippen LogP contribution in [0.4, 0.5) is 5.69 Å². The highest BCUT2D eigenvalue weighted by atomic mass is 32.2. The topological polar surface area (TPSA) is 60.3 Å². The van der Waals surface area contributed by atoms with Gasteiger partial charge in [-0.15, -0.1) is 0 Å². The molecule has 3 rings (SSSR count). The largest absolute Gasteiger partial charge is 0.497 e. The normalized spacial score (nSPS) is 11.4. The molecule has 0 aliphatic heterocycles. The molecule has 1 N–H and O–H groups in total. The maximum Gasteiger partial charge on any atom is 0.261 e. The summed E-state index contributed by atoms with van der Waals surface area (Å²) in [6, 6.07) is 12.0. The first-order valence-electron chi connectivity index (χ1n) is 8.20. The molecule has 3 aromatic rings. The molecule has 0 aliphatic rings. The van der Waals surface area contributed by atoms with Gasteiger partial charge >= 0.3 is 0 Å². The van der Waals surface area contributed by atoms with Crippen molar-refractivity contribution in [3.8, 4) is 16.9 Å². The molecule has 0 amide bonds. The van der Waals surface area contributed by atoms with Crippen molar-refractivity contribution in [2.24, 2.45) is 7.05 Å². The fourth-order valence-corrected chi connectivity index (χ4v) is 4.03. The van der Waals surface area contributed by atoms with Crippen LogP contribution >= 0.6 is 0 Å². The van der Waals surface area contributed by atoms with Crippen molar-refractivity contribution in [3.63, 3.8) is 0 Å². The van der Waals surface area contributed by atoms with Gasteiger partial charge < -0.3 is 9.30 Å². The zero-order valence-corrected chi connectivity index (χ0v) is 16.1. The predicted molar refractivity (Wildman–Crippen MR) is 104 cm³/mol. The summed E-state index contributed by atoms with van der Waals surface area (Å²) in [5.74, 6) is 0.612. The molecule has 1 aromatic heterocycles. The summed E-state index contributed by atoms with van der Waals surface area (Å²) in [4.78, 5) is 0.192. The summed E-state index contributed by atoms with van der Waals surface area (Å²) in [5.41, 5.74) is 4.73. The Morgan fingerprint density at radius 3 is 2.27 bits per heavy atom. The lowest BCUT2D eigenvalue weighted by atomic mass is 10.0. The molecule has 1 heterocycles. The van der Waals surface area contributed by atoms with Crippen molar-refractivity contribution in [3.05, 3.63) is 66.0 Å². The van der Waals surface area contributed by atoms with Gasteiger partial charge in [0.25, 0.3) is 10.0 Å². The number of aryl methyl sites for hydroxylation is 3. The van der Waals surface area contributed by atoms with E-state index in [1.807, 2.05) is 56.1 Å². The van der Waals surface area contributed by atoms with Gasteiger partial charge in [-0.2, -0.15) is 0 Å². The number of aromatic nitrogens is 1. The number of nitrogens with one attached hydrogen (secondary N) is 1. The maximum atomic E-state index is 12.7. The van der Waals surface area contributed by atoms with Gasteiger partial charge in [-0.05, 0) is 66.9 Å². The van der Waals surface area contributed by atoms with E-state index < -0.39 is 10.0 Å². The first kappa shape index (κ1) is 18.1. The highest BCUT2D eigenvalue weighted by Crippen LogP contribution is 2.29. The van der Waals surface area contributed by atoms with Crippen molar-refractivity contribution in [1.82, 2.24) is 4.57 Å². The summed E-state index contributed by atoms with van der Waals surface area (Å²) in [7, 11) is -0.155. The third-order valence-corrected chi connectivity index (χ3v) is 5.56. The number of hydrogen-bond donors (Lipinski definition) is 1. The molecule has 0 saturated heterocycles. The average molecular weight is 370 g/mol. The molecular formula is C20H22N2O3S. The molecule has 2 aromatic carbocycles. The molecule has 0 unspecified atom stereocenters. The Balaban J connectivity index is 1.95. The lowest BCUT2D eigenvalue weighted by Gasteiger charge is -2.11. The molecule has 0 radical (unpaired) electrons. The van der Waals surface area contributed by atoms with Crippen molar-refractivity contribution in [2.45, 2.75) is 18.7 Å². The van der Waals surface area contributed by atoms with Crippen LogP contribution in [0.1, 0.15) is 11.1 Å². The molecular weight excluding hydrogens is 348 g/mol. The average Bonchev–Trinajstić information content (AvgIpc) is 2.92. The van der Waals surface area contributed by atoms with Crippen LogP contribution in [0.2, 0.25) is 0 Å². The molecule has 26 heavy (non-hydrogen) atoms. The summed E-state index contributed by atoms with van der Waals surface area (Å²) in [6.45, 7) is 3.99.